The van der Waals surface area contributed by atoms with Crippen LogP contribution < -0.4 is 4.90 Å². The molecule has 4 nitrogen and oxygen atoms in total. The Morgan fingerprint density at radius 1 is 0.944 bits per heavy atom. The van der Waals surface area contributed by atoms with Gasteiger partial charge in [0.25, 0.3) is 11.8 Å². The summed E-state index contributed by atoms with van der Waals surface area (Å²) in [7, 11) is 0. The Labute approximate surface area is 111 Å². The normalized spacial score (nSPS) is 13.9. The van der Waals surface area contributed by atoms with E-state index in [-0.39, 0.29) is 11.8 Å². The summed E-state index contributed by atoms with van der Waals surface area (Å²) in [5, 5.41) is 0. The van der Waals surface area contributed by atoms with Crippen LogP contribution in [0.2, 0.25) is 0 Å². The van der Waals surface area contributed by atoms with Crippen molar-refractivity contribution in [3.63, 3.8) is 0 Å². The van der Waals surface area contributed by atoms with Crippen molar-refractivity contribution in [1.29, 1.82) is 0 Å². The Balaban J connectivity index is 2.09. The van der Waals surface area contributed by atoms with E-state index in [1.165, 1.54) is 17.3 Å². The summed E-state index contributed by atoms with van der Waals surface area (Å²) in [6, 6.07) is 8.58. The van der Waals surface area contributed by atoms with Crippen molar-refractivity contribution >= 4 is 33.4 Å². The van der Waals surface area contributed by atoms with Gasteiger partial charge in [-0.15, -0.1) is 0 Å². The molecule has 2 aromatic rings. The first-order valence-corrected chi connectivity index (χ1v) is 6.06. The highest BCUT2D eigenvalue weighted by molar-refractivity contribution is 9.10. The van der Waals surface area contributed by atoms with Gasteiger partial charge in [-0.1, -0.05) is 15.9 Å². The lowest BCUT2D eigenvalue weighted by Gasteiger charge is -2.13. The summed E-state index contributed by atoms with van der Waals surface area (Å²) in [6.45, 7) is 0. The molecule has 2 amide bonds. The van der Waals surface area contributed by atoms with Crippen molar-refractivity contribution in [2.75, 3.05) is 4.90 Å². The zero-order chi connectivity index (χ0) is 12.7. The number of anilines is 1. The zero-order valence-electron chi connectivity index (χ0n) is 9.13. The van der Waals surface area contributed by atoms with Crippen molar-refractivity contribution in [1.82, 2.24) is 4.98 Å². The average Bonchev–Trinajstić information content (AvgIpc) is 2.64. The molecule has 0 bridgehead atoms. The number of carbonyl (C=O) groups is 2. The molecule has 0 spiro atoms. The van der Waals surface area contributed by atoms with E-state index in [0.29, 0.717) is 16.8 Å². The number of fused-ring (bicyclic) bond motifs is 1. The van der Waals surface area contributed by atoms with Gasteiger partial charge in [-0.05, 0) is 30.3 Å². The van der Waals surface area contributed by atoms with Gasteiger partial charge < -0.3 is 0 Å². The molecule has 18 heavy (non-hydrogen) atoms. The molecule has 0 saturated heterocycles. The largest absolute Gasteiger partial charge is 0.268 e. The molecule has 88 valence electrons. The fraction of sp³-hybridized carbons (Fsp3) is 0. The summed E-state index contributed by atoms with van der Waals surface area (Å²) in [6.07, 6.45) is 2.93. The smallest absolute Gasteiger partial charge is 0.267 e. The lowest BCUT2D eigenvalue weighted by Crippen LogP contribution is -2.29. The third-order valence-corrected chi connectivity index (χ3v) is 3.30. The van der Waals surface area contributed by atoms with Crippen LogP contribution in [0.1, 0.15) is 20.7 Å². The highest BCUT2D eigenvalue weighted by Crippen LogP contribution is 2.28. The third-order valence-electron chi connectivity index (χ3n) is 2.77. The van der Waals surface area contributed by atoms with Gasteiger partial charge in [-0.2, -0.15) is 0 Å². The van der Waals surface area contributed by atoms with Crippen molar-refractivity contribution in [3.05, 3.63) is 58.3 Å². The van der Waals surface area contributed by atoms with Crippen LogP contribution in [-0.4, -0.2) is 16.8 Å². The quantitative estimate of drug-likeness (QED) is 0.761. The van der Waals surface area contributed by atoms with Gasteiger partial charge in [-0.3, -0.25) is 14.6 Å². The molecule has 0 radical (unpaired) electrons. The first kappa shape index (κ1) is 11.1. The topological polar surface area (TPSA) is 50.3 Å². The van der Waals surface area contributed by atoms with E-state index in [0.717, 1.165) is 4.47 Å². The molecule has 5 heteroatoms. The second-order valence-corrected chi connectivity index (χ2v) is 4.76. The number of aromatic nitrogens is 1. The number of rotatable bonds is 1. The van der Waals surface area contributed by atoms with Crippen molar-refractivity contribution in [2.24, 2.45) is 0 Å². The second-order valence-electron chi connectivity index (χ2n) is 3.84. The molecule has 3 rings (SSSR count). The van der Waals surface area contributed by atoms with Crippen LogP contribution in [0, 0.1) is 0 Å². The van der Waals surface area contributed by atoms with Crippen LogP contribution in [0.5, 0.6) is 0 Å². The molecule has 1 aliphatic rings. The van der Waals surface area contributed by atoms with Gasteiger partial charge in [-0.25, -0.2) is 4.90 Å². The standard InChI is InChI=1S/C13H7BrN2O2/c14-8-1-3-9(4-2-8)16-12(17)10-5-6-15-7-11(10)13(16)18/h1-7H. The number of amides is 2. The van der Waals surface area contributed by atoms with Crippen LogP contribution in [0.15, 0.2) is 47.2 Å². The Hall–Kier alpha value is -2.01. The van der Waals surface area contributed by atoms with E-state index >= 15 is 0 Å². The SMILES string of the molecule is O=C1c2ccncc2C(=O)N1c1ccc(Br)cc1. The average molecular weight is 303 g/mol. The van der Waals surface area contributed by atoms with Crippen molar-refractivity contribution in [3.8, 4) is 0 Å². The summed E-state index contributed by atoms with van der Waals surface area (Å²) >= 11 is 3.31. The predicted octanol–water partition coefficient (Wildman–Crippen LogP) is 2.64. The molecule has 2 heterocycles. The Bertz CT molecular complexity index is 617. The van der Waals surface area contributed by atoms with Crippen LogP contribution >= 0.6 is 15.9 Å². The number of benzene rings is 1. The molecule has 0 aliphatic carbocycles. The van der Waals surface area contributed by atoms with Crippen LogP contribution in [0.25, 0.3) is 0 Å². The van der Waals surface area contributed by atoms with Crippen LogP contribution in [0.4, 0.5) is 5.69 Å². The van der Waals surface area contributed by atoms with E-state index < -0.39 is 0 Å². The first-order valence-electron chi connectivity index (χ1n) is 5.27. The van der Waals surface area contributed by atoms with E-state index in [4.69, 9.17) is 0 Å². The number of hydrogen-bond acceptors (Lipinski definition) is 3. The first-order chi connectivity index (χ1) is 8.68. The lowest BCUT2D eigenvalue weighted by atomic mass is 10.2. The highest BCUT2D eigenvalue weighted by atomic mass is 79.9. The Kier molecular flexibility index (Phi) is 2.48. The number of nitrogens with zero attached hydrogens (tertiary/aromatic N) is 2. The van der Waals surface area contributed by atoms with Crippen LogP contribution in [0.3, 0.4) is 0 Å². The zero-order valence-corrected chi connectivity index (χ0v) is 10.7. The summed E-state index contributed by atoms with van der Waals surface area (Å²) < 4.78 is 0.893. The molecular weight excluding hydrogens is 296 g/mol. The minimum atomic E-state index is -0.328. The van der Waals surface area contributed by atoms with E-state index in [9.17, 15) is 9.59 Å². The van der Waals surface area contributed by atoms with E-state index in [1.807, 2.05) is 0 Å². The van der Waals surface area contributed by atoms with E-state index in [2.05, 4.69) is 20.9 Å². The number of imide groups is 1. The van der Waals surface area contributed by atoms with Gasteiger partial charge in [0, 0.05) is 16.9 Å². The third kappa shape index (κ3) is 1.55. The molecule has 1 aliphatic heterocycles. The number of pyridine rings is 1. The predicted molar refractivity (Wildman–Crippen MR) is 69.5 cm³/mol. The summed E-state index contributed by atoms with van der Waals surface area (Å²) in [5.41, 5.74) is 1.31. The Morgan fingerprint density at radius 2 is 1.61 bits per heavy atom. The Morgan fingerprint density at radius 3 is 2.28 bits per heavy atom. The molecular formula is C13H7BrN2O2. The molecule has 0 atom stereocenters. The maximum Gasteiger partial charge on any atom is 0.267 e. The molecule has 0 saturated carbocycles. The van der Waals surface area contributed by atoms with Crippen LogP contribution in [-0.2, 0) is 0 Å². The maximum atomic E-state index is 12.2. The van der Waals surface area contributed by atoms with Gasteiger partial charge in [0.1, 0.15) is 0 Å². The monoisotopic (exact) mass is 302 g/mol. The minimum Gasteiger partial charge on any atom is -0.268 e. The molecule has 0 unspecified atom stereocenters. The number of carbonyl (C=O) groups excluding carboxylic acids is 2. The van der Waals surface area contributed by atoms with Gasteiger partial charge in [0.05, 0.1) is 16.8 Å². The van der Waals surface area contributed by atoms with Crippen molar-refractivity contribution in [2.45, 2.75) is 0 Å². The minimum absolute atomic E-state index is 0.306. The van der Waals surface area contributed by atoms with Gasteiger partial charge in [0.2, 0.25) is 0 Å². The molecule has 1 aromatic carbocycles. The fourth-order valence-corrected chi connectivity index (χ4v) is 2.17. The second kappa shape index (κ2) is 4.03. The highest BCUT2D eigenvalue weighted by Gasteiger charge is 2.36. The van der Waals surface area contributed by atoms with Gasteiger partial charge >= 0.3 is 0 Å². The number of hydrogen-bond donors (Lipinski definition) is 0. The molecule has 0 N–H and O–H groups in total. The van der Waals surface area contributed by atoms with E-state index in [1.54, 1.807) is 30.3 Å². The summed E-state index contributed by atoms with van der Waals surface area (Å²) in [4.78, 5) is 29.3. The van der Waals surface area contributed by atoms with Gasteiger partial charge in [0.15, 0.2) is 0 Å². The molecule has 1 aromatic heterocycles. The fourth-order valence-electron chi connectivity index (χ4n) is 1.91. The lowest BCUT2D eigenvalue weighted by molar-refractivity contribution is 0.0926. The maximum absolute atomic E-state index is 12.2. The molecule has 0 fully saturated rings. The number of halogens is 1. The van der Waals surface area contributed by atoms with Crippen molar-refractivity contribution < 1.29 is 9.59 Å². The summed E-state index contributed by atoms with van der Waals surface area (Å²) in [5.74, 6) is -0.634.